The van der Waals surface area contributed by atoms with E-state index in [9.17, 15) is 13.2 Å². The van der Waals surface area contributed by atoms with Gasteiger partial charge in [-0.3, -0.25) is 4.79 Å². The molecule has 2 rings (SSSR count). The maximum absolute atomic E-state index is 12.3. The minimum Gasteiger partial charge on any atom is -0.294 e. The van der Waals surface area contributed by atoms with E-state index in [2.05, 4.69) is 0 Å². The Morgan fingerprint density at radius 1 is 1.38 bits per heavy atom. The minimum atomic E-state index is -3.20. The number of Topliss-reactive ketones (excluding diaryl/α,β-unsaturated/α-hetero) is 1. The minimum absolute atomic E-state index is 0.0241. The van der Waals surface area contributed by atoms with Crippen LogP contribution in [0, 0.1) is 5.92 Å². The first kappa shape index (κ1) is 16.7. The van der Waals surface area contributed by atoms with Crippen LogP contribution < -0.4 is 0 Å². The molecule has 1 aliphatic heterocycles. The number of carbonyl (C=O) groups is 1. The van der Waals surface area contributed by atoms with Crippen LogP contribution in [0.4, 0.5) is 0 Å². The smallest absolute Gasteiger partial charge is 0.211 e. The van der Waals surface area contributed by atoms with Gasteiger partial charge in [0.15, 0.2) is 5.78 Å². The van der Waals surface area contributed by atoms with Gasteiger partial charge in [0.25, 0.3) is 0 Å². The Labute approximate surface area is 135 Å². The van der Waals surface area contributed by atoms with Crippen molar-refractivity contribution in [3.63, 3.8) is 0 Å². The highest BCUT2D eigenvalue weighted by Gasteiger charge is 2.28. The summed E-state index contributed by atoms with van der Waals surface area (Å²) in [5, 5.41) is 0.615. The highest BCUT2D eigenvalue weighted by atomic mass is 35.5. The first-order valence-electron chi connectivity index (χ1n) is 6.71. The summed E-state index contributed by atoms with van der Waals surface area (Å²) in [6, 6.07) is 4.96. The van der Waals surface area contributed by atoms with E-state index in [0.717, 1.165) is 12.8 Å². The zero-order chi connectivity index (χ0) is 15.6. The molecule has 0 N–H and O–H groups in total. The topological polar surface area (TPSA) is 54.5 Å². The van der Waals surface area contributed by atoms with Crippen molar-refractivity contribution >= 4 is 39.0 Å². The molecule has 1 aromatic rings. The van der Waals surface area contributed by atoms with Crippen molar-refractivity contribution in [1.29, 1.82) is 0 Å². The van der Waals surface area contributed by atoms with Gasteiger partial charge in [0.05, 0.1) is 16.3 Å². The lowest BCUT2D eigenvalue weighted by Crippen LogP contribution is -2.39. The van der Waals surface area contributed by atoms with Crippen LogP contribution in [0.15, 0.2) is 18.2 Å². The van der Waals surface area contributed by atoms with Crippen molar-refractivity contribution in [3.8, 4) is 0 Å². The molecule has 116 valence electrons. The van der Waals surface area contributed by atoms with Crippen molar-refractivity contribution < 1.29 is 13.2 Å². The van der Waals surface area contributed by atoms with Gasteiger partial charge in [-0.1, -0.05) is 29.3 Å². The Hall–Kier alpha value is -0.620. The molecule has 1 fully saturated rings. The second-order valence-electron chi connectivity index (χ2n) is 5.36. The third kappa shape index (κ3) is 4.19. The molecule has 0 spiro atoms. The maximum Gasteiger partial charge on any atom is 0.211 e. The Kier molecular flexibility index (Phi) is 5.30. The lowest BCUT2D eigenvalue weighted by molar-refractivity contribution is 0.0942. The quantitative estimate of drug-likeness (QED) is 0.784. The van der Waals surface area contributed by atoms with Crippen LogP contribution in [0.25, 0.3) is 0 Å². The van der Waals surface area contributed by atoms with Gasteiger partial charge in [-0.2, -0.15) is 0 Å². The molecule has 1 heterocycles. The average Bonchev–Trinajstić information content (AvgIpc) is 2.41. The number of benzene rings is 1. The molecule has 1 aliphatic rings. The van der Waals surface area contributed by atoms with Crippen molar-refractivity contribution in [2.24, 2.45) is 5.92 Å². The largest absolute Gasteiger partial charge is 0.294 e. The molecule has 7 heteroatoms. The molecule has 1 aromatic carbocycles. The Morgan fingerprint density at radius 2 is 2.10 bits per heavy atom. The number of piperidine rings is 1. The predicted octanol–water partition coefficient (Wildman–Crippen LogP) is 3.24. The van der Waals surface area contributed by atoms with Crippen LogP contribution in [-0.2, 0) is 10.0 Å². The SMILES string of the molecule is CS(=O)(=O)N1CCCC(CC(=O)c2cccc(Cl)c2Cl)C1. The molecule has 0 saturated carbocycles. The standard InChI is InChI=1S/C14H17Cl2NO3S/c1-21(19,20)17-7-3-4-10(9-17)8-13(18)11-5-2-6-12(15)14(11)16/h2,5-6,10H,3-4,7-9H2,1H3. The molecule has 21 heavy (non-hydrogen) atoms. The van der Waals surface area contributed by atoms with Gasteiger partial charge in [-0.05, 0) is 30.9 Å². The molecule has 1 atom stereocenters. The fourth-order valence-corrected chi connectivity index (χ4v) is 3.93. The molecule has 0 aromatic heterocycles. The molecular formula is C14H17Cl2NO3S. The van der Waals surface area contributed by atoms with E-state index in [1.165, 1.54) is 10.6 Å². The normalized spacial score (nSPS) is 20.4. The Morgan fingerprint density at radius 3 is 2.76 bits per heavy atom. The summed E-state index contributed by atoms with van der Waals surface area (Å²) in [7, 11) is -3.20. The monoisotopic (exact) mass is 349 g/mol. The molecule has 0 aliphatic carbocycles. The molecule has 0 radical (unpaired) electrons. The molecule has 0 amide bonds. The van der Waals surface area contributed by atoms with E-state index >= 15 is 0 Å². The zero-order valence-electron chi connectivity index (χ0n) is 11.7. The van der Waals surface area contributed by atoms with Gasteiger partial charge in [-0.25, -0.2) is 12.7 Å². The summed E-state index contributed by atoms with van der Waals surface area (Å²) in [6.45, 7) is 0.921. The number of sulfonamides is 1. The Bertz CT molecular complexity index is 646. The average molecular weight is 350 g/mol. The van der Waals surface area contributed by atoms with E-state index in [1.807, 2.05) is 0 Å². The lowest BCUT2D eigenvalue weighted by Gasteiger charge is -2.30. The van der Waals surface area contributed by atoms with Crippen molar-refractivity contribution in [2.45, 2.75) is 19.3 Å². The molecule has 1 saturated heterocycles. The maximum atomic E-state index is 12.3. The van der Waals surface area contributed by atoms with Gasteiger partial charge < -0.3 is 0 Å². The summed E-state index contributed by atoms with van der Waals surface area (Å²) >= 11 is 12.0. The molecule has 1 unspecified atom stereocenters. The van der Waals surface area contributed by atoms with E-state index in [0.29, 0.717) is 23.7 Å². The van der Waals surface area contributed by atoms with Crippen LogP contribution in [0.2, 0.25) is 10.0 Å². The number of nitrogens with zero attached hydrogens (tertiary/aromatic N) is 1. The van der Waals surface area contributed by atoms with Crippen LogP contribution >= 0.6 is 23.2 Å². The Balaban J connectivity index is 2.08. The second-order valence-corrected chi connectivity index (χ2v) is 8.13. The van der Waals surface area contributed by atoms with E-state index in [1.54, 1.807) is 18.2 Å². The third-order valence-electron chi connectivity index (χ3n) is 3.68. The first-order valence-corrected chi connectivity index (χ1v) is 9.32. The lowest BCUT2D eigenvalue weighted by atomic mass is 9.92. The number of ketones is 1. The van der Waals surface area contributed by atoms with Gasteiger partial charge in [-0.15, -0.1) is 0 Å². The highest BCUT2D eigenvalue weighted by molar-refractivity contribution is 7.88. The fraction of sp³-hybridized carbons (Fsp3) is 0.500. The van der Waals surface area contributed by atoms with Crippen LogP contribution in [0.1, 0.15) is 29.6 Å². The number of hydrogen-bond acceptors (Lipinski definition) is 3. The number of halogens is 2. The van der Waals surface area contributed by atoms with Crippen LogP contribution in [0.5, 0.6) is 0 Å². The number of carbonyl (C=O) groups excluding carboxylic acids is 1. The van der Waals surface area contributed by atoms with E-state index in [4.69, 9.17) is 23.2 Å². The first-order chi connectivity index (χ1) is 9.79. The second kappa shape index (κ2) is 6.65. The predicted molar refractivity (Wildman–Crippen MR) is 84.6 cm³/mol. The number of rotatable bonds is 4. The van der Waals surface area contributed by atoms with Gasteiger partial charge in [0, 0.05) is 25.1 Å². The van der Waals surface area contributed by atoms with Gasteiger partial charge in [0.2, 0.25) is 10.0 Å². The van der Waals surface area contributed by atoms with E-state index < -0.39 is 10.0 Å². The third-order valence-corrected chi connectivity index (χ3v) is 5.77. The number of hydrogen-bond donors (Lipinski definition) is 0. The molecule has 4 nitrogen and oxygen atoms in total. The summed E-state index contributed by atoms with van der Waals surface area (Å²) < 4.78 is 24.6. The van der Waals surface area contributed by atoms with Gasteiger partial charge >= 0.3 is 0 Å². The van der Waals surface area contributed by atoms with Crippen molar-refractivity contribution in [2.75, 3.05) is 19.3 Å². The van der Waals surface area contributed by atoms with Crippen molar-refractivity contribution in [3.05, 3.63) is 33.8 Å². The van der Waals surface area contributed by atoms with Crippen molar-refractivity contribution in [1.82, 2.24) is 4.31 Å². The summed E-state index contributed by atoms with van der Waals surface area (Å²) in [6.07, 6.45) is 3.10. The molecule has 0 bridgehead atoms. The summed E-state index contributed by atoms with van der Waals surface area (Å²) in [4.78, 5) is 12.3. The zero-order valence-corrected chi connectivity index (χ0v) is 14.0. The fourth-order valence-electron chi connectivity index (χ4n) is 2.59. The van der Waals surface area contributed by atoms with E-state index in [-0.39, 0.29) is 23.1 Å². The van der Waals surface area contributed by atoms with Crippen LogP contribution in [-0.4, -0.2) is 37.9 Å². The summed E-state index contributed by atoms with van der Waals surface area (Å²) in [5.74, 6) is -0.0705. The summed E-state index contributed by atoms with van der Waals surface area (Å²) in [5.41, 5.74) is 0.403. The highest BCUT2D eigenvalue weighted by Crippen LogP contribution is 2.29. The van der Waals surface area contributed by atoms with Gasteiger partial charge in [0.1, 0.15) is 0 Å². The van der Waals surface area contributed by atoms with Crippen LogP contribution in [0.3, 0.4) is 0 Å². The molecular weight excluding hydrogens is 333 g/mol.